The maximum Gasteiger partial charge on any atom is 0.224 e. The zero-order valence-electron chi connectivity index (χ0n) is 15.4. The van der Waals surface area contributed by atoms with E-state index in [2.05, 4.69) is 49.9 Å². The van der Waals surface area contributed by atoms with Gasteiger partial charge < -0.3 is 10.2 Å². The number of carbonyl (C=O) groups excluding carboxylic acids is 1. The summed E-state index contributed by atoms with van der Waals surface area (Å²) in [6, 6.07) is 0.524. The first-order valence-electron chi connectivity index (χ1n) is 8.98. The molecular weight excluding hydrogens is 288 g/mol. The predicted octanol–water partition coefficient (Wildman–Crippen LogP) is 2.30. The van der Waals surface area contributed by atoms with Crippen molar-refractivity contribution in [2.24, 2.45) is 5.92 Å². The van der Waals surface area contributed by atoms with Crippen LogP contribution in [0.4, 0.5) is 0 Å². The lowest BCUT2D eigenvalue weighted by Crippen LogP contribution is -2.45. The molecule has 1 fully saturated rings. The normalized spacial score (nSPS) is 19.3. The van der Waals surface area contributed by atoms with Crippen LogP contribution in [0.2, 0.25) is 0 Å². The van der Waals surface area contributed by atoms with Gasteiger partial charge in [-0.3, -0.25) is 9.48 Å². The van der Waals surface area contributed by atoms with Gasteiger partial charge in [0.15, 0.2) is 0 Å². The maximum absolute atomic E-state index is 12.4. The monoisotopic (exact) mass is 320 g/mol. The van der Waals surface area contributed by atoms with Crippen LogP contribution in [-0.4, -0.2) is 46.3 Å². The third-order valence-corrected chi connectivity index (χ3v) is 5.06. The number of likely N-dealkylation sites (tertiary alicyclic amines) is 1. The van der Waals surface area contributed by atoms with Gasteiger partial charge in [-0.05, 0) is 66.0 Å². The van der Waals surface area contributed by atoms with Gasteiger partial charge in [0.2, 0.25) is 5.91 Å². The van der Waals surface area contributed by atoms with E-state index in [1.54, 1.807) is 0 Å². The van der Waals surface area contributed by atoms with E-state index in [1.807, 2.05) is 4.68 Å². The summed E-state index contributed by atoms with van der Waals surface area (Å²) in [5, 5.41) is 7.68. The quantitative estimate of drug-likeness (QED) is 0.875. The van der Waals surface area contributed by atoms with Crippen LogP contribution in [0.25, 0.3) is 0 Å². The molecule has 1 saturated heterocycles. The lowest BCUT2D eigenvalue weighted by Gasteiger charge is -2.34. The lowest BCUT2D eigenvalue weighted by atomic mass is 9.96. The molecule has 2 heterocycles. The molecule has 130 valence electrons. The molecule has 1 aliphatic rings. The highest BCUT2D eigenvalue weighted by atomic mass is 16.1. The van der Waals surface area contributed by atoms with Crippen molar-refractivity contribution in [3.05, 3.63) is 17.0 Å². The van der Waals surface area contributed by atoms with Crippen LogP contribution in [-0.2, 0) is 17.8 Å². The Hall–Kier alpha value is -1.36. The highest BCUT2D eigenvalue weighted by Gasteiger charge is 2.26. The second-order valence-corrected chi connectivity index (χ2v) is 6.93. The van der Waals surface area contributed by atoms with Crippen molar-refractivity contribution in [3.63, 3.8) is 0 Å². The first-order chi connectivity index (χ1) is 10.9. The molecule has 1 atom stereocenters. The third-order valence-electron chi connectivity index (χ3n) is 5.06. The first-order valence-corrected chi connectivity index (χ1v) is 8.98. The average molecular weight is 320 g/mol. The van der Waals surface area contributed by atoms with E-state index in [1.165, 1.54) is 11.3 Å². The molecule has 1 aromatic heterocycles. The van der Waals surface area contributed by atoms with E-state index in [-0.39, 0.29) is 11.8 Å². The summed E-state index contributed by atoms with van der Waals surface area (Å²) in [7, 11) is 0. The summed E-state index contributed by atoms with van der Waals surface area (Å²) in [6.07, 6.45) is 3.00. The van der Waals surface area contributed by atoms with Gasteiger partial charge >= 0.3 is 0 Å². The molecule has 0 aliphatic carbocycles. The number of aromatic nitrogens is 2. The van der Waals surface area contributed by atoms with Gasteiger partial charge in [-0.1, -0.05) is 0 Å². The third kappa shape index (κ3) is 4.34. The fourth-order valence-corrected chi connectivity index (χ4v) is 3.55. The first kappa shape index (κ1) is 18.0. The van der Waals surface area contributed by atoms with Crippen LogP contribution in [0.1, 0.15) is 50.6 Å². The zero-order chi connectivity index (χ0) is 17.0. The van der Waals surface area contributed by atoms with Crippen LogP contribution < -0.4 is 5.32 Å². The molecule has 0 radical (unpaired) electrons. The van der Waals surface area contributed by atoms with E-state index in [4.69, 9.17) is 0 Å². The molecule has 5 heteroatoms. The largest absolute Gasteiger partial charge is 0.355 e. The van der Waals surface area contributed by atoms with Crippen molar-refractivity contribution in [1.82, 2.24) is 20.0 Å². The van der Waals surface area contributed by atoms with E-state index >= 15 is 0 Å². The Bertz CT molecular complexity index is 535. The van der Waals surface area contributed by atoms with Gasteiger partial charge in [-0.15, -0.1) is 0 Å². The number of piperidine rings is 1. The number of rotatable bonds is 6. The number of nitrogens with one attached hydrogen (secondary N) is 1. The molecule has 1 aliphatic heterocycles. The summed E-state index contributed by atoms with van der Waals surface area (Å²) in [5.74, 6) is 0.361. The topological polar surface area (TPSA) is 50.2 Å². The molecule has 0 unspecified atom stereocenters. The Morgan fingerprint density at radius 3 is 2.74 bits per heavy atom. The Labute approximate surface area is 140 Å². The van der Waals surface area contributed by atoms with E-state index < -0.39 is 0 Å². The fourth-order valence-electron chi connectivity index (χ4n) is 3.55. The second-order valence-electron chi connectivity index (χ2n) is 6.93. The highest BCUT2D eigenvalue weighted by Crippen LogP contribution is 2.19. The second kappa shape index (κ2) is 7.95. The minimum absolute atomic E-state index is 0.145. The minimum atomic E-state index is 0.145. The molecular formula is C18H32N4O. The van der Waals surface area contributed by atoms with Crippen LogP contribution in [0.3, 0.4) is 0 Å². The average Bonchev–Trinajstić information content (AvgIpc) is 2.82. The molecule has 0 spiro atoms. The summed E-state index contributed by atoms with van der Waals surface area (Å²) in [4.78, 5) is 14.8. The smallest absolute Gasteiger partial charge is 0.224 e. The molecule has 5 nitrogen and oxygen atoms in total. The number of hydrogen-bond acceptors (Lipinski definition) is 3. The van der Waals surface area contributed by atoms with Gasteiger partial charge in [-0.2, -0.15) is 5.10 Å². The predicted molar refractivity (Wildman–Crippen MR) is 93.5 cm³/mol. The number of aryl methyl sites for hydroxylation is 2. The summed E-state index contributed by atoms with van der Waals surface area (Å²) < 4.78 is 2.04. The number of hydrogen-bond donors (Lipinski definition) is 1. The van der Waals surface area contributed by atoms with E-state index in [9.17, 15) is 4.79 Å². The fraction of sp³-hybridized carbons (Fsp3) is 0.778. The molecule has 1 N–H and O–H groups in total. The van der Waals surface area contributed by atoms with Crippen molar-refractivity contribution >= 4 is 5.91 Å². The molecule has 2 rings (SSSR count). The van der Waals surface area contributed by atoms with Crippen LogP contribution in [0.15, 0.2) is 0 Å². The van der Waals surface area contributed by atoms with Gasteiger partial charge in [-0.25, -0.2) is 0 Å². The van der Waals surface area contributed by atoms with Crippen molar-refractivity contribution in [3.8, 4) is 0 Å². The van der Waals surface area contributed by atoms with Gasteiger partial charge in [0.25, 0.3) is 0 Å². The van der Waals surface area contributed by atoms with Crippen LogP contribution >= 0.6 is 0 Å². The van der Waals surface area contributed by atoms with Gasteiger partial charge in [0.05, 0.1) is 11.6 Å². The molecule has 0 aromatic carbocycles. The standard InChI is InChI=1S/C18H32N4O/c1-6-22-15(5)17(14(4)20-22)9-10-19-18(23)16-8-7-11-21(12-16)13(2)3/h13,16H,6-12H2,1-5H3,(H,19,23)/t16-/m1/s1. The molecule has 0 saturated carbocycles. The molecule has 0 bridgehead atoms. The Morgan fingerprint density at radius 2 is 2.13 bits per heavy atom. The van der Waals surface area contributed by atoms with Crippen LogP contribution in [0, 0.1) is 19.8 Å². The SMILES string of the molecule is CCn1nc(C)c(CCNC(=O)[C@@H]2CCCN(C(C)C)C2)c1C. The van der Waals surface area contributed by atoms with E-state index in [0.29, 0.717) is 12.6 Å². The number of nitrogens with zero attached hydrogens (tertiary/aromatic N) is 3. The van der Waals surface area contributed by atoms with Crippen molar-refractivity contribution < 1.29 is 4.79 Å². The molecule has 1 aromatic rings. The summed E-state index contributed by atoms with van der Waals surface area (Å²) >= 11 is 0. The Morgan fingerprint density at radius 1 is 1.39 bits per heavy atom. The number of carbonyl (C=O) groups is 1. The van der Waals surface area contributed by atoms with Crippen LogP contribution in [0.5, 0.6) is 0 Å². The molecule has 23 heavy (non-hydrogen) atoms. The van der Waals surface area contributed by atoms with Crippen molar-refractivity contribution in [1.29, 1.82) is 0 Å². The van der Waals surface area contributed by atoms with Gasteiger partial charge in [0.1, 0.15) is 0 Å². The van der Waals surface area contributed by atoms with Gasteiger partial charge in [0, 0.05) is 31.4 Å². The van der Waals surface area contributed by atoms with Crippen molar-refractivity contribution in [2.75, 3.05) is 19.6 Å². The van der Waals surface area contributed by atoms with Crippen molar-refractivity contribution in [2.45, 2.75) is 66.5 Å². The number of amides is 1. The minimum Gasteiger partial charge on any atom is -0.355 e. The Balaban J connectivity index is 1.84. The Kier molecular flexibility index (Phi) is 6.22. The highest BCUT2D eigenvalue weighted by molar-refractivity contribution is 5.79. The summed E-state index contributed by atoms with van der Waals surface area (Å²) in [6.45, 7) is 14.3. The maximum atomic E-state index is 12.4. The molecule has 1 amide bonds. The lowest BCUT2D eigenvalue weighted by molar-refractivity contribution is -0.126. The van der Waals surface area contributed by atoms with E-state index in [0.717, 1.165) is 44.6 Å². The zero-order valence-corrected chi connectivity index (χ0v) is 15.4. The summed E-state index contributed by atoms with van der Waals surface area (Å²) in [5.41, 5.74) is 3.59.